The van der Waals surface area contributed by atoms with Gasteiger partial charge in [0, 0.05) is 17.3 Å². The highest BCUT2D eigenvalue weighted by Gasteiger charge is 2.18. The predicted molar refractivity (Wildman–Crippen MR) is 88.2 cm³/mol. The summed E-state index contributed by atoms with van der Waals surface area (Å²) in [6.45, 7) is 9.10. The summed E-state index contributed by atoms with van der Waals surface area (Å²) in [5.74, 6) is -1.44. The second-order valence-corrected chi connectivity index (χ2v) is 6.47. The van der Waals surface area contributed by atoms with Crippen molar-refractivity contribution < 1.29 is 24.0 Å². The van der Waals surface area contributed by atoms with E-state index >= 15 is 0 Å². The number of carbonyl (C=O) groups is 2. The van der Waals surface area contributed by atoms with Gasteiger partial charge in [-0.1, -0.05) is 5.16 Å². The van der Waals surface area contributed by atoms with Crippen molar-refractivity contribution in [2.24, 2.45) is 0 Å². The minimum Gasteiger partial charge on any atom is -0.475 e. The maximum atomic E-state index is 12.0. The Hall–Kier alpha value is -2.83. The molecule has 0 atom stereocenters. The van der Waals surface area contributed by atoms with Gasteiger partial charge in [-0.25, -0.2) is 9.59 Å². The Morgan fingerprint density at radius 3 is 2.42 bits per heavy atom. The number of amides is 1. The van der Waals surface area contributed by atoms with Gasteiger partial charge in [0.2, 0.25) is 5.76 Å². The number of benzene rings is 1. The largest absolute Gasteiger partial charge is 0.475 e. The minimum absolute atomic E-state index is 0.245. The Bertz CT molecular complexity index is 787. The van der Waals surface area contributed by atoms with Crippen molar-refractivity contribution in [3.05, 3.63) is 35.1 Å². The Morgan fingerprint density at radius 1 is 1.21 bits per heavy atom. The highest BCUT2D eigenvalue weighted by atomic mass is 16.6. The first kappa shape index (κ1) is 17.5. The molecule has 0 saturated carbocycles. The molecule has 0 aliphatic rings. The minimum atomic E-state index is -1.19. The predicted octanol–water partition coefficient (Wildman–Crippen LogP) is 4.00. The number of rotatable bonds is 3. The Kier molecular flexibility index (Phi) is 4.64. The molecule has 7 heteroatoms. The zero-order valence-corrected chi connectivity index (χ0v) is 14.3. The summed E-state index contributed by atoms with van der Waals surface area (Å²) in [6.07, 6.45) is -0.562. The van der Waals surface area contributed by atoms with Crippen LogP contribution in [0.5, 0.6) is 0 Å². The molecule has 0 fully saturated rings. The molecule has 0 bridgehead atoms. The number of hydrogen-bond acceptors (Lipinski definition) is 5. The number of aryl methyl sites for hydroxylation is 1. The van der Waals surface area contributed by atoms with E-state index in [1.807, 2.05) is 19.9 Å². The molecule has 1 amide bonds. The summed E-state index contributed by atoms with van der Waals surface area (Å²) in [4.78, 5) is 22.9. The lowest BCUT2D eigenvalue weighted by molar-refractivity contribution is 0.0630. The van der Waals surface area contributed by atoms with Crippen molar-refractivity contribution in [2.75, 3.05) is 5.32 Å². The van der Waals surface area contributed by atoms with Gasteiger partial charge in [-0.2, -0.15) is 0 Å². The van der Waals surface area contributed by atoms with E-state index in [2.05, 4.69) is 10.5 Å². The van der Waals surface area contributed by atoms with Gasteiger partial charge in [0.05, 0.1) is 0 Å². The summed E-state index contributed by atoms with van der Waals surface area (Å²) in [7, 11) is 0. The standard InChI is InChI=1S/C17H20N2O5/c1-9-6-11(13-8-14(15(20)21)24-19-13)7-12(10(9)2)18-16(22)23-17(3,4)5/h6-8H,1-5H3,(H,18,22)(H,20,21). The maximum Gasteiger partial charge on any atom is 0.412 e. The van der Waals surface area contributed by atoms with Crippen LogP contribution < -0.4 is 5.32 Å². The number of anilines is 1. The number of ether oxygens (including phenoxy) is 1. The fraction of sp³-hybridized carbons (Fsp3) is 0.353. The molecule has 2 rings (SSSR count). The summed E-state index contributed by atoms with van der Waals surface area (Å²) in [6, 6.07) is 4.89. The SMILES string of the molecule is Cc1cc(-c2cc(C(=O)O)on2)cc(NC(=O)OC(C)(C)C)c1C. The van der Waals surface area contributed by atoms with Crippen LogP contribution >= 0.6 is 0 Å². The molecule has 1 aromatic heterocycles. The number of nitrogens with zero attached hydrogens (tertiary/aromatic N) is 1. The van der Waals surface area contributed by atoms with Crippen LogP contribution in [0.1, 0.15) is 42.5 Å². The van der Waals surface area contributed by atoms with Gasteiger partial charge in [-0.05, 0) is 57.9 Å². The number of aromatic nitrogens is 1. The van der Waals surface area contributed by atoms with Crippen molar-refractivity contribution in [3.63, 3.8) is 0 Å². The first-order valence-corrected chi connectivity index (χ1v) is 7.38. The number of carboxylic acid groups (broad SMARTS) is 1. The first-order valence-electron chi connectivity index (χ1n) is 7.38. The van der Waals surface area contributed by atoms with Gasteiger partial charge in [0.15, 0.2) is 0 Å². The molecule has 0 saturated heterocycles. The fourth-order valence-corrected chi connectivity index (χ4v) is 2.06. The number of hydrogen-bond donors (Lipinski definition) is 2. The van der Waals surface area contributed by atoms with Gasteiger partial charge in [0.1, 0.15) is 11.3 Å². The van der Waals surface area contributed by atoms with Crippen LogP contribution in [0.3, 0.4) is 0 Å². The molecule has 2 N–H and O–H groups in total. The number of carbonyl (C=O) groups excluding carboxylic acids is 1. The van der Waals surface area contributed by atoms with Gasteiger partial charge >= 0.3 is 12.1 Å². The van der Waals surface area contributed by atoms with Crippen LogP contribution in [0.2, 0.25) is 0 Å². The van der Waals surface area contributed by atoms with Crippen LogP contribution in [0.15, 0.2) is 22.7 Å². The molecular formula is C17H20N2O5. The van der Waals surface area contributed by atoms with Crippen LogP contribution in [0.25, 0.3) is 11.3 Å². The molecule has 0 aliphatic heterocycles. The first-order chi connectivity index (χ1) is 11.1. The molecule has 0 radical (unpaired) electrons. The van der Waals surface area contributed by atoms with E-state index in [-0.39, 0.29) is 5.76 Å². The van der Waals surface area contributed by atoms with Crippen molar-refractivity contribution >= 4 is 17.7 Å². The quantitative estimate of drug-likeness (QED) is 0.880. The fourth-order valence-electron chi connectivity index (χ4n) is 2.06. The molecule has 0 unspecified atom stereocenters. The molecular weight excluding hydrogens is 312 g/mol. The second-order valence-electron chi connectivity index (χ2n) is 6.47. The van der Waals surface area contributed by atoms with Gasteiger partial charge < -0.3 is 14.4 Å². The van der Waals surface area contributed by atoms with Gasteiger partial charge in [0.25, 0.3) is 0 Å². The highest BCUT2D eigenvalue weighted by Crippen LogP contribution is 2.28. The zero-order chi connectivity index (χ0) is 18.1. The Balaban J connectivity index is 2.34. The van der Waals surface area contributed by atoms with Gasteiger partial charge in [-0.3, -0.25) is 5.32 Å². The smallest absolute Gasteiger partial charge is 0.412 e. The number of aromatic carboxylic acids is 1. The van der Waals surface area contributed by atoms with E-state index in [1.54, 1.807) is 26.8 Å². The third-order valence-corrected chi connectivity index (χ3v) is 3.32. The third kappa shape index (κ3) is 4.13. The Morgan fingerprint density at radius 2 is 1.88 bits per heavy atom. The average molecular weight is 332 g/mol. The summed E-state index contributed by atoms with van der Waals surface area (Å²) >= 11 is 0. The molecule has 1 aromatic carbocycles. The van der Waals surface area contributed by atoms with E-state index in [0.717, 1.165) is 11.1 Å². The van der Waals surface area contributed by atoms with E-state index in [9.17, 15) is 9.59 Å². The van der Waals surface area contributed by atoms with Crippen LogP contribution in [-0.4, -0.2) is 27.9 Å². The topological polar surface area (TPSA) is 102 Å². The lowest BCUT2D eigenvalue weighted by Gasteiger charge is -2.20. The van der Waals surface area contributed by atoms with Crippen LogP contribution in [0, 0.1) is 13.8 Å². The van der Waals surface area contributed by atoms with Crippen molar-refractivity contribution in [1.82, 2.24) is 5.16 Å². The van der Waals surface area contributed by atoms with Crippen molar-refractivity contribution in [3.8, 4) is 11.3 Å². The highest BCUT2D eigenvalue weighted by molar-refractivity contribution is 5.89. The second kappa shape index (κ2) is 6.35. The Labute approximate surface area is 139 Å². The summed E-state index contributed by atoms with van der Waals surface area (Å²) < 4.78 is 10.0. The molecule has 1 heterocycles. The monoisotopic (exact) mass is 332 g/mol. The third-order valence-electron chi connectivity index (χ3n) is 3.32. The maximum absolute atomic E-state index is 12.0. The number of nitrogens with one attached hydrogen (secondary N) is 1. The van der Waals surface area contributed by atoms with E-state index < -0.39 is 17.7 Å². The zero-order valence-electron chi connectivity index (χ0n) is 14.3. The molecule has 2 aromatic rings. The average Bonchev–Trinajstić information content (AvgIpc) is 2.91. The lowest BCUT2D eigenvalue weighted by atomic mass is 10.0. The lowest BCUT2D eigenvalue weighted by Crippen LogP contribution is -2.27. The molecule has 7 nitrogen and oxygen atoms in total. The normalized spacial score (nSPS) is 11.2. The van der Waals surface area contributed by atoms with E-state index in [0.29, 0.717) is 16.9 Å². The van der Waals surface area contributed by atoms with Crippen molar-refractivity contribution in [2.45, 2.75) is 40.2 Å². The molecule has 128 valence electrons. The molecule has 0 aliphatic carbocycles. The van der Waals surface area contributed by atoms with Crippen molar-refractivity contribution in [1.29, 1.82) is 0 Å². The summed E-state index contributed by atoms with van der Waals surface area (Å²) in [5, 5.41) is 15.4. The van der Waals surface area contributed by atoms with E-state index in [1.165, 1.54) is 6.07 Å². The number of carboxylic acids is 1. The van der Waals surface area contributed by atoms with Gasteiger partial charge in [-0.15, -0.1) is 0 Å². The van der Waals surface area contributed by atoms with Crippen LogP contribution in [-0.2, 0) is 4.74 Å². The van der Waals surface area contributed by atoms with E-state index in [4.69, 9.17) is 14.4 Å². The summed E-state index contributed by atoms with van der Waals surface area (Å²) in [5.41, 5.74) is 2.78. The van der Waals surface area contributed by atoms with Crippen LogP contribution in [0.4, 0.5) is 10.5 Å². The molecule has 0 spiro atoms. The molecule has 24 heavy (non-hydrogen) atoms.